The molecule has 0 saturated heterocycles. The van der Waals surface area contributed by atoms with E-state index in [0.717, 1.165) is 29.8 Å². The largest absolute Gasteiger partial charge is 0.252 e. The first-order chi connectivity index (χ1) is 21.0. The maximum atomic E-state index is 5.09. The highest BCUT2D eigenvalue weighted by molar-refractivity contribution is 6.09. The lowest BCUT2D eigenvalue weighted by Crippen LogP contribution is -2.23. The molecule has 44 heavy (non-hydrogen) atoms. The van der Waals surface area contributed by atoms with E-state index in [9.17, 15) is 0 Å². The number of fused-ring (bicyclic) bond motifs is 4. The Hall–Kier alpha value is -4.30. The van der Waals surface area contributed by atoms with E-state index in [1.165, 1.54) is 60.9 Å². The number of rotatable bonds is 2. The predicted octanol–water partition coefficient (Wildman–Crippen LogP) is 11.1. The van der Waals surface area contributed by atoms with Crippen molar-refractivity contribution in [1.82, 2.24) is 9.97 Å². The molecule has 2 heteroatoms. The first-order valence-electron chi connectivity index (χ1n) is 16.1. The van der Waals surface area contributed by atoms with Crippen molar-refractivity contribution in [3.05, 3.63) is 125 Å². The lowest BCUT2D eigenvalue weighted by atomic mass is 9.68. The van der Waals surface area contributed by atoms with Crippen molar-refractivity contribution in [2.75, 3.05) is 0 Å². The zero-order valence-corrected chi connectivity index (χ0v) is 27.0. The van der Waals surface area contributed by atoms with E-state index in [1.807, 2.05) is 12.4 Å². The van der Waals surface area contributed by atoms with Gasteiger partial charge in [-0.15, -0.1) is 0 Å². The third kappa shape index (κ3) is 3.73. The summed E-state index contributed by atoms with van der Waals surface area (Å²) in [4.78, 5) is 10.2. The zero-order chi connectivity index (χ0) is 30.6. The topological polar surface area (TPSA) is 25.8 Å². The van der Waals surface area contributed by atoms with Crippen molar-refractivity contribution >= 4 is 16.3 Å². The van der Waals surface area contributed by atoms with Crippen LogP contribution in [0.25, 0.3) is 50.0 Å². The summed E-state index contributed by atoms with van der Waals surface area (Å²) in [5.41, 5.74) is 16.9. The van der Waals surface area contributed by atoms with Gasteiger partial charge in [-0.1, -0.05) is 133 Å². The number of benzene rings is 4. The van der Waals surface area contributed by atoms with Crippen molar-refractivity contribution in [2.45, 2.75) is 72.1 Å². The van der Waals surface area contributed by atoms with Crippen LogP contribution < -0.4 is 0 Å². The molecule has 8 rings (SSSR count). The number of nitrogens with zero attached hydrogens (tertiary/aromatic N) is 2. The molecule has 1 heterocycles. The third-order valence-corrected chi connectivity index (χ3v) is 10.7. The van der Waals surface area contributed by atoms with Gasteiger partial charge in [0.25, 0.3) is 0 Å². The normalized spacial score (nSPS) is 17.7. The van der Waals surface area contributed by atoms with E-state index in [4.69, 9.17) is 9.97 Å². The fraction of sp³-hybridized carbons (Fsp3) is 0.286. The molecule has 5 aromatic rings. The van der Waals surface area contributed by atoms with Crippen LogP contribution in [0, 0.1) is 5.41 Å². The molecule has 3 aliphatic carbocycles. The minimum absolute atomic E-state index is 0.0756. The second-order valence-corrected chi connectivity index (χ2v) is 15.0. The second-order valence-electron chi connectivity index (χ2n) is 15.0. The van der Waals surface area contributed by atoms with Gasteiger partial charge in [-0.05, 0) is 73.6 Å². The van der Waals surface area contributed by atoms with Gasteiger partial charge in [-0.25, -0.2) is 0 Å². The Morgan fingerprint density at radius 3 is 1.98 bits per heavy atom. The lowest BCUT2D eigenvalue weighted by Gasteiger charge is -2.35. The molecule has 0 saturated carbocycles. The van der Waals surface area contributed by atoms with E-state index in [-0.39, 0.29) is 16.2 Å². The van der Waals surface area contributed by atoms with Gasteiger partial charge >= 0.3 is 0 Å². The fourth-order valence-corrected chi connectivity index (χ4v) is 8.37. The first-order valence-corrected chi connectivity index (χ1v) is 16.1. The molecule has 3 aliphatic rings. The molecule has 0 N–H and O–H groups in total. The van der Waals surface area contributed by atoms with E-state index in [1.54, 1.807) is 5.57 Å². The molecule has 0 spiro atoms. The quantitative estimate of drug-likeness (QED) is 0.210. The Morgan fingerprint density at radius 1 is 0.591 bits per heavy atom. The van der Waals surface area contributed by atoms with Gasteiger partial charge in [0.05, 0.1) is 23.8 Å². The van der Waals surface area contributed by atoms with Crippen LogP contribution in [-0.2, 0) is 10.8 Å². The maximum Gasteiger partial charge on any atom is 0.0891 e. The van der Waals surface area contributed by atoms with Crippen LogP contribution in [0.1, 0.15) is 83.6 Å². The molecule has 2 nitrogen and oxygen atoms in total. The average molecular weight is 573 g/mol. The highest BCUT2D eigenvalue weighted by Gasteiger charge is 2.41. The van der Waals surface area contributed by atoms with Gasteiger partial charge in [-0.3, -0.25) is 9.97 Å². The Morgan fingerprint density at radius 2 is 1.23 bits per heavy atom. The molecule has 0 radical (unpaired) electrons. The molecule has 1 aromatic heterocycles. The van der Waals surface area contributed by atoms with E-state index in [0.29, 0.717) is 0 Å². The Labute approximate surface area is 261 Å². The number of allylic oxidation sites excluding steroid dienone is 4. The average Bonchev–Trinajstić information content (AvgIpc) is 3.25. The van der Waals surface area contributed by atoms with Crippen molar-refractivity contribution in [3.8, 4) is 33.6 Å². The molecule has 0 fully saturated rings. The molecule has 0 bridgehead atoms. The Balaban J connectivity index is 1.22. The van der Waals surface area contributed by atoms with Crippen LogP contribution in [0.3, 0.4) is 0 Å². The van der Waals surface area contributed by atoms with Crippen LogP contribution in [-0.4, -0.2) is 9.97 Å². The van der Waals surface area contributed by atoms with Crippen LogP contribution in [0.2, 0.25) is 0 Å². The molecule has 0 amide bonds. The first kappa shape index (κ1) is 27.3. The summed E-state index contributed by atoms with van der Waals surface area (Å²) in [6.07, 6.45) is 8.72. The van der Waals surface area contributed by atoms with Crippen LogP contribution in [0.15, 0.2) is 102 Å². The molecule has 218 valence electrons. The number of aromatic nitrogens is 2. The number of hydrogen-bond donors (Lipinski definition) is 0. The predicted molar refractivity (Wildman–Crippen MR) is 185 cm³/mol. The van der Waals surface area contributed by atoms with Crippen LogP contribution >= 0.6 is 0 Å². The Bertz CT molecular complexity index is 2080. The highest BCUT2D eigenvalue weighted by atomic mass is 14.8. The number of hydrogen-bond acceptors (Lipinski definition) is 2. The lowest BCUT2D eigenvalue weighted by molar-refractivity contribution is 0.479. The van der Waals surface area contributed by atoms with Gasteiger partial charge in [-0.2, -0.15) is 0 Å². The smallest absolute Gasteiger partial charge is 0.0891 e. The van der Waals surface area contributed by atoms with Crippen molar-refractivity contribution in [3.63, 3.8) is 0 Å². The summed E-state index contributed by atoms with van der Waals surface area (Å²) < 4.78 is 0. The Kier molecular flexibility index (Phi) is 5.65. The van der Waals surface area contributed by atoms with Gasteiger partial charge in [0.15, 0.2) is 0 Å². The monoisotopic (exact) mass is 572 g/mol. The summed E-state index contributed by atoms with van der Waals surface area (Å²) >= 11 is 0. The summed E-state index contributed by atoms with van der Waals surface area (Å²) in [6.45, 7) is 16.5. The van der Waals surface area contributed by atoms with Crippen molar-refractivity contribution in [2.24, 2.45) is 5.41 Å². The summed E-state index contributed by atoms with van der Waals surface area (Å²) in [5.74, 6) is 0. The van der Waals surface area contributed by atoms with Crippen LogP contribution in [0.4, 0.5) is 0 Å². The zero-order valence-electron chi connectivity index (χ0n) is 27.0. The second kappa shape index (κ2) is 9.11. The van der Waals surface area contributed by atoms with E-state index in [2.05, 4.69) is 127 Å². The molecule has 0 atom stereocenters. The summed E-state index contributed by atoms with van der Waals surface area (Å²) in [7, 11) is 0. The molecule has 4 aromatic carbocycles. The maximum absolute atomic E-state index is 5.09. The molecule has 0 unspecified atom stereocenters. The van der Waals surface area contributed by atoms with Gasteiger partial charge in [0.1, 0.15) is 0 Å². The van der Waals surface area contributed by atoms with E-state index >= 15 is 0 Å². The van der Waals surface area contributed by atoms with Gasteiger partial charge in [0.2, 0.25) is 0 Å². The third-order valence-electron chi connectivity index (χ3n) is 10.7. The van der Waals surface area contributed by atoms with E-state index < -0.39 is 0 Å². The molecule has 0 aliphatic heterocycles. The standard InChI is InChI=1S/C42H40N2/c1-40(2,3)25-18-19-27-31-14-10-15-32(39(31)42(6,7)35(27)22-25)37-24-43-36(23-44-37)28-20-21-30-26-12-8-9-16-33(26)41(4,5)34-17-11-13-29(28)38(30)34/h8-17,20-24H,18-19H2,1-7H3. The molecular weight excluding hydrogens is 532 g/mol. The highest BCUT2D eigenvalue weighted by Crippen LogP contribution is 2.55. The fourth-order valence-electron chi connectivity index (χ4n) is 8.37. The van der Waals surface area contributed by atoms with Crippen LogP contribution in [0.5, 0.6) is 0 Å². The molecular formula is C42H40N2. The summed E-state index contributed by atoms with van der Waals surface area (Å²) in [6, 6.07) is 26.9. The van der Waals surface area contributed by atoms with Crippen molar-refractivity contribution < 1.29 is 0 Å². The summed E-state index contributed by atoms with van der Waals surface area (Å²) in [5, 5.41) is 2.58. The van der Waals surface area contributed by atoms with Gasteiger partial charge in [0, 0.05) is 22.0 Å². The van der Waals surface area contributed by atoms with Gasteiger partial charge < -0.3 is 0 Å². The van der Waals surface area contributed by atoms with Crippen molar-refractivity contribution in [1.29, 1.82) is 0 Å². The SMILES string of the molecule is CC(C)(C)C1=CC2=C(CC1)c1cccc(-c3cnc(-c4ccc5c6c(cccc46)C(C)(C)c4ccccc4-5)cn3)c1C2(C)C. The minimum atomic E-state index is -0.0855. The minimum Gasteiger partial charge on any atom is -0.252 e.